The average Bonchev–Trinajstić information content (AvgIpc) is 1.99. The van der Waals surface area contributed by atoms with Gasteiger partial charge in [-0.2, -0.15) is 0 Å². The summed E-state index contributed by atoms with van der Waals surface area (Å²) in [7, 11) is 0. The first-order valence-corrected chi connectivity index (χ1v) is 15.1. The van der Waals surface area contributed by atoms with E-state index in [2.05, 4.69) is 49.6 Å². The molecule has 0 spiro atoms. The van der Waals surface area contributed by atoms with Gasteiger partial charge in [0.05, 0.1) is 0 Å². The van der Waals surface area contributed by atoms with Crippen molar-refractivity contribution in [2.75, 3.05) is 0 Å². The third kappa shape index (κ3) is 3.61. The summed E-state index contributed by atoms with van der Waals surface area (Å²) in [5.41, 5.74) is 0. The quantitative estimate of drug-likeness (QED) is 0.545. The first-order valence-electron chi connectivity index (χ1n) is 4.97. The third-order valence-electron chi connectivity index (χ3n) is 2.70. The van der Waals surface area contributed by atoms with Crippen LogP contribution in [0.5, 0.6) is 0 Å². The van der Waals surface area contributed by atoms with E-state index in [0.717, 1.165) is 0 Å². The van der Waals surface area contributed by atoms with Crippen LogP contribution in [-0.2, 0) is 12.7 Å². The first-order chi connectivity index (χ1) is 4.80. The van der Waals surface area contributed by atoms with Crippen molar-refractivity contribution < 1.29 is 12.7 Å². The monoisotopic (exact) mass is 239 g/mol. The van der Waals surface area contributed by atoms with Gasteiger partial charge in [0, 0.05) is 0 Å². The first kappa shape index (κ1) is 13.5. The average molecular weight is 240 g/mol. The van der Waals surface area contributed by atoms with E-state index in [9.17, 15) is 0 Å². The standard InChI is InChI=1S/C5H5.6CH3.ClH.Ti/c1-2-4-5-3-1;;;;;;;;/h1-3H,4H2;6*1H3;1H;. The fourth-order valence-electron chi connectivity index (χ4n) is 1.56. The van der Waals surface area contributed by atoms with Crippen LogP contribution < -0.4 is 0 Å². The van der Waals surface area contributed by atoms with Gasteiger partial charge in [-0.1, -0.05) is 0 Å². The summed E-state index contributed by atoms with van der Waals surface area (Å²) in [6, 6.07) is 0. The molecule has 0 aromatic heterocycles. The second kappa shape index (κ2) is 2.03. The van der Waals surface area contributed by atoms with Gasteiger partial charge >= 0.3 is 72.6 Å². The number of hydrogen-bond acceptors (Lipinski definition) is 0. The van der Waals surface area contributed by atoms with Crippen molar-refractivity contribution in [2.45, 2.75) is 37.8 Å². The molecule has 0 aromatic carbocycles. The molecule has 0 nitrogen and oxygen atoms in total. The van der Waals surface area contributed by atoms with Crippen LogP contribution in [-0.4, -0.2) is 0 Å². The molecule has 0 saturated carbocycles. The summed E-state index contributed by atoms with van der Waals surface area (Å²) in [5.74, 6) is 0. The molecule has 0 fully saturated rings. The van der Waals surface area contributed by atoms with Crippen LogP contribution in [0.15, 0.2) is 22.1 Å². The van der Waals surface area contributed by atoms with Gasteiger partial charge in [-0.25, -0.2) is 0 Å². The summed E-state index contributed by atoms with van der Waals surface area (Å²) in [6.45, 7) is 0. The van der Waals surface area contributed by atoms with E-state index < -0.39 is 12.7 Å². The molecule has 0 aliphatic heterocycles. The zero-order chi connectivity index (χ0) is 9.78. The number of rotatable bonds is 1. The van der Waals surface area contributed by atoms with Gasteiger partial charge in [-0.05, 0) is 0 Å². The van der Waals surface area contributed by atoms with Crippen molar-refractivity contribution in [1.82, 2.24) is 0 Å². The van der Waals surface area contributed by atoms with Crippen molar-refractivity contribution in [2.24, 2.45) is 0 Å². The fourth-order valence-corrected chi connectivity index (χ4v) is 5.37. The molecule has 0 bridgehead atoms. The Bertz CT molecular complexity index is 285. The second-order valence-corrected chi connectivity index (χ2v) is 39.4. The topological polar surface area (TPSA) is 0 Å². The second-order valence-electron chi connectivity index (χ2n) is 10.3. The Balaban J connectivity index is 0.00000144. The van der Waals surface area contributed by atoms with Crippen molar-refractivity contribution in [3.63, 3.8) is 0 Å². The van der Waals surface area contributed by atoms with Gasteiger partial charge in [0.2, 0.25) is 0 Å². The number of allylic oxidation sites excluding steroid dienone is 4. The van der Waals surface area contributed by atoms with Gasteiger partial charge in [0.25, 0.3) is 0 Å². The van der Waals surface area contributed by atoms with Crippen molar-refractivity contribution in [3.8, 4) is 0 Å². The molecule has 0 heterocycles. The summed E-state index contributed by atoms with van der Waals surface area (Å²) in [4.78, 5) is 0. The Morgan fingerprint density at radius 1 is 1.00 bits per heavy atom. The number of hydrogen-bond donors (Lipinski definition) is 0. The Morgan fingerprint density at radius 2 is 1.46 bits per heavy atom. The van der Waals surface area contributed by atoms with E-state index in [1.165, 1.54) is 6.42 Å². The predicted octanol–water partition coefficient (Wildman–Crippen LogP) is 5.30. The molecule has 13 heavy (non-hydrogen) atoms. The molecular weight excluding hydrogens is 215 g/mol. The van der Waals surface area contributed by atoms with E-state index in [4.69, 9.17) is 0 Å². The summed E-state index contributed by atoms with van der Waals surface area (Å²) < 4.78 is 1.67. The molecule has 0 unspecified atom stereocenters. The van der Waals surface area contributed by atoms with Gasteiger partial charge in [-0.3, -0.25) is 0 Å². The SMILES string of the molecule is Cl.[CH3][Ti]([CH3])([CH3])([CH3])([CH3])([CH3])[C]1=CC=CC1. The van der Waals surface area contributed by atoms with Gasteiger partial charge in [0.1, 0.15) is 0 Å². The maximum atomic E-state index is 2.50. The molecule has 0 aromatic rings. The van der Waals surface area contributed by atoms with E-state index >= 15 is 0 Å². The van der Waals surface area contributed by atoms with E-state index in [1.54, 1.807) is 3.88 Å². The van der Waals surface area contributed by atoms with Gasteiger partial charge in [-0.15, -0.1) is 12.4 Å². The van der Waals surface area contributed by atoms with Crippen LogP contribution in [0.2, 0.25) is 31.4 Å². The Labute approximate surface area is 84.8 Å². The van der Waals surface area contributed by atoms with Crippen LogP contribution in [0.4, 0.5) is 0 Å². The molecule has 0 saturated heterocycles. The zero-order valence-corrected chi connectivity index (χ0v) is 12.2. The third-order valence-corrected chi connectivity index (χ3v) is 9.29. The summed E-state index contributed by atoms with van der Waals surface area (Å²) in [6.07, 6.45) is 7.97. The fraction of sp³-hybridized carbons (Fsp3) is 0.636. The molecule has 0 N–H and O–H groups in total. The minimum atomic E-state index is -3.17. The molecule has 2 heteroatoms. The van der Waals surface area contributed by atoms with E-state index in [1.807, 2.05) is 0 Å². The molecule has 1 rings (SSSR count). The van der Waals surface area contributed by atoms with Crippen molar-refractivity contribution in [1.29, 1.82) is 0 Å². The van der Waals surface area contributed by atoms with Crippen molar-refractivity contribution in [3.05, 3.63) is 22.1 Å². The van der Waals surface area contributed by atoms with Crippen LogP contribution >= 0.6 is 12.4 Å². The van der Waals surface area contributed by atoms with E-state index in [0.29, 0.717) is 0 Å². The molecular formula is C11H24ClTi. The molecule has 1 aliphatic carbocycles. The van der Waals surface area contributed by atoms with Crippen LogP contribution in [0.1, 0.15) is 6.42 Å². The zero-order valence-electron chi connectivity index (χ0n) is 9.85. The summed E-state index contributed by atoms with van der Waals surface area (Å²) in [5, 5.41) is 15.0. The van der Waals surface area contributed by atoms with Crippen molar-refractivity contribution >= 4 is 12.4 Å². The Morgan fingerprint density at radius 3 is 1.62 bits per heavy atom. The maximum absolute atomic E-state index is 3.17. The van der Waals surface area contributed by atoms with Crippen LogP contribution in [0, 0.1) is 0 Å². The molecule has 0 atom stereocenters. The molecule has 0 amide bonds. The van der Waals surface area contributed by atoms with Crippen LogP contribution in [0.25, 0.3) is 0 Å². The predicted molar refractivity (Wildman–Crippen MR) is 64.3 cm³/mol. The number of halogens is 1. The molecule has 79 valence electrons. The Hall–Kier alpha value is 0.484. The van der Waals surface area contributed by atoms with E-state index in [-0.39, 0.29) is 12.4 Å². The minimum absolute atomic E-state index is 0. The summed E-state index contributed by atoms with van der Waals surface area (Å²) >= 11 is -3.17. The Kier molecular flexibility index (Phi) is 2.10. The normalized spacial score (nSPS) is 24.8. The van der Waals surface area contributed by atoms with Crippen LogP contribution in [0.3, 0.4) is 0 Å². The molecule has 0 radical (unpaired) electrons. The van der Waals surface area contributed by atoms with Gasteiger partial charge in [0.15, 0.2) is 0 Å². The molecule has 1 aliphatic rings. The van der Waals surface area contributed by atoms with Gasteiger partial charge < -0.3 is 0 Å².